The molecule has 0 saturated carbocycles. The number of anilines is 1. The van der Waals surface area contributed by atoms with Crippen LogP contribution in [0.3, 0.4) is 0 Å². The van der Waals surface area contributed by atoms with Gasteiger partial charge in [0.1, 0.15) is 11.6 Å². The Hall–Kier alpha value is -1.16. The first-order valence-corrected chi connectivity index (χ1v) is 7.27. The zero-order chi connectivity index (χ0) is 14.0. The van der Waals surface area contributed by atoms with Gasteiger partial charge in [0.2, 0.25) is 0 Å². The Labute approximate surface area is 115 Å². The summed E-state index contributed by atoms with van der Waals surface area (Å²) in [5.41, 5.74) is 1.02. The molecule has 0 radical (unpaired) electrons. The number of hydrogen-bond acceptors (Lipinski definition) is 4. The Bertz CT molecular complexity index is 431. The second-order valence-electron chi connectivity index (χ2n) is 5.95. The summed E-state index contributed by atoms with van der Waals surface area (Å²) in [6.07, 6.45) is 2.89. The molecule has 1 saturated heterocycles. The van der Waals surface area contributed by atoms with Crippen molar-refractivity contribution in [2.75, 3.05) is 11.4 Å². The molecule has 0 aliphatic carbocycles. The molecule has 0 unspecified atom stereocenters. The molecule has 0 spiro atoms. The second-order valence-corrected chi connectivity index (χ2v) is 5.95. The highest BCUT2D eigenvalue weighted by Gasteiger charge is 2.27. The molecule has 0 aromatic carbocycles. The number of aliphatic hydroxyl groups excluding tert-OH is 1. The predicted molar refractivity (Wildman–Crippen MR) is 77.5 cm³/mol. The fourth-order valence-electron chi connectivity index (χ4n) is 2.76. The van der Waals surface area contributed by atoms with E-state index in [9.17, 15) is 5.11 Å². The van der Waals surface area contributed by atoms with E-state index in [2.05, 4.69) is 29.8 Å². The first-order valence-electron chi connectivity index (χ1n) is 7.27. The van der Waals surface area contributed by atoms with E-state index in [0.717, 1.165) is 36.7 Å². The number of nitrogens with zero attached hydrogens (tertiary/aromatic N) is 3. The summed E-state index contributed by atoms with van der Waals surface area (Å²) >= 11 is 0. The van der Waals surface area contributed by atoms with Crippen LogP contribution in [0.1, 0.15) is 57.5 Å². The molecular weight excluding hydrogens is 238 g/mol. The summed E-state index contributed by atoms with van der Waals surface area (Å²) in [6.45, 7) is 9.16. The fourth-order valence-corrected chi connectivity index (χ4v) is 2.76. The minimum Gasteiger partial charge on any atom is -0.393 e. The molecule has 2 atom stereocenters. The van der Waals surface area contributed by atoms with Crippen molar-refractivity contribution in [1.82, 2.24) is 9.97 Å². The zero-order valence-corrected chi connectivity index (χ0v) is 12.4. The number of hydrogen-bond donors (Lipinski definition) is 1. The lowest BCUT2D eigenvalue weighted by Gasteiger charge is -2.27. The molecule has 0 bridgehead atoms. The molecule has 2 heterocycles. The zero-order valence-electron chi connectivity index (χ0n) is 12.4. The van der Waals surface area contributed by atoms with Gasteiger partial charge in [-0.3, -0.25) is 0 Å². The Kier molecular flexibility index (Phi) is 4.40. The molecule has 1 N–H and O–H groups in total. The van der Waals surface area contributed by atoms with Crippen LogP contribution >= 0.6 is 0 Å². The molecule has 1 aromatic rings. The Morgan fingerprint density at radius 2 is 2.11 bits per heavy atom. The van der Waals surface area contributed by atoms with Gasteiger partial charge in [0.25, 0.3) is 0 Å². The van der Waals surface area contributed by atoms with Gasteiger partial charge >= 0.3 is 0 Å². The molecule has 1 aromatic heterocycles. The normalized spacial score (nSPS) is 21.2. The third-order valence-electron chi connectivity index (χ3n) is 3.66. The standard InChI is InChI=1S/C15H25N3O/c1-10(2)15-16-11(3)8-14(17-15)18-7-5-6-13(18)9-12(4)19/h8,10,12-13,19H,5-7,9H2,1-4H3/t12-,13+/m1/s1. The third-order valence-corrected chi connectivity index (χ3v) is 3.66. The van der Waals surface area contributed by atoms with E-state index in [1.165, 1.54) is 6.42 Å². The monoisotopic (exact) mass is 263 g/mol. The van der Waals surface area contributed by atoms with Gasteiger partial charge in [-0.05, 0) is 33.1 Å². The maximum Gasteiger partial charge on any atom is 0.133 e. The highest BCUT2D eigenvalue weighted by Crippen LogP contribution is 2.28. The Balaban J connectivity index is 2.25. The molecule has 4 heteroatoms. The van der Waals surface area contributed by atoms with E-state index in [1.807, 2.05) is 13.8 Å². The van der Waals surface area contributed by atoms with Crippen LogP contribution in [0.25, 0.3) is 0 Å². The molecule has 4 nitrogen and oxygen atoms in total. The van der Waals surface area contributed by atoms with Crippen LogP contribution in [-0.4, -0.2) is 33.8 Å². The summed E-state index contributed by atoms with van der Waals surface area (Å²) in [5, 5.41) is 9.62. The van der Waals surface area contributed by atoms with Crippen molar-refractivity contribution < 1.29 is 5.11 Å². The second kappa shape index (κ2) is 5.87. The van der Waals surface area contributed by atoms with Crippen molar-refractivity contribution in [2.24, 2.45) is 0 Å². The van der Waals surface area contributed by atoms with E-state index < -0.39 is 0 Å². The summed E-state index contributed by atoms with van der Waals surface area (Å²) in [5.74, 6) is 2.29. The van der Waals surface area contributed by atoms with E-state index >= 15 is 0 Å². The van der Waals surface area contributed by atoms with Crippen molar-refractivity contribution >= 4 is 5.82 Å². The lowest BCUT2D eigenvalue weighted by molar-refractivity contribution is 0.175. The molecule has 1 aliphatic rings. The highest BCUT2D eigenvalue weighted by molar-refractivity contribution is 5.42. The van der Waals surface area contributed by atoms with Gasteiger partial charge < -0.3 is 10.0 Å². The molecule has 2 rings (SSSR count). The molecule has 1 aliphatic heterocycles. The van der Waals surface area contributed by atoms with Gasteiger partial charge in [0.15, 0.2) is 0 Å². The molecular formula is C15H25N3O. The SMILES string of the molecule is Cc1cc(N2CCC[C@H]2C[C@@H](C)O)nc(C(C)C)n1. The molecule has 0 amide bonds. The summed E-state index contributed by atoms with van der Waals surface area (Å²) in [4.78, 5) is 11.5. The van der Waals surface area contributed by atoms with Crippen molar-refractivity contribution in [3.8, 4) is 0 Å². The predicted octanol–water partition coefficient (Wildman–Crippen LogP) is 2.65. The molecule has 19 heavy (non-hydrogen) atoms. The molecule has 106 valence electrons. The van der Waals surface area contributed by atoms with Crippen LogP contribution in [-0.2, 0) is 0 Å². The van der Waals surface area contributed by atoms with E-state index in [-0.39, 0.29) is 6.10 Å². The van der Waals surface area contributed by atoms with Crippen LogP contribution < -0.4 is 4.90 Å². The van der Waals surface area contributed by atoms with Gasteiger partial charge in [0.05, 0.1) is 6.10 Å². The summed E-state index contributed by atoms with van der Waals surface area (Å²) in [7, 11) is 0. The van der Waals surface area contributed by atoms with Crippen molar-refractivity contribution in [3.05, 3.63) is 17.6 Å². The average Bonchev–Trinajstić information content (AvgIpc) is 2.75. The minimum absolute atomic E-state index is 0.252. The number of aliphatic hydroxyl groups is 1. The van der Waals surface area contributed by atoms with Crippen molar-refractivity contribution in [1.29, 1.82) is 0 Å². The van der Waals surface area contributed by atoms with E-state index in [4.69, 9.17) is 4.98 Å². The Morgan fingerprint density at radius 3 is 2.74 bits per heavy atom. The summed E-state index contributed by atoms with van der Waals surface area (Å²) < 4.78 is 0. The number of aryl methyl sites for hydroxylation is 1. The topological polar surface area (TPSA) is 49.2 Å². The van der Waals surface area contributed by atoms with Crippen LogP contribution in [0.5, 0.6) is 0 Å². The first-order chi connectivity index (χ1) is 8.97. The number of aromatic nitrogens is 2. The average molecular weight is 263 g/mol. The van der Waals surface area contributed by atoms with Crippen molar-refractivity contribution in [3.63, 3.8) is 0 Å². The quantitative estimate of drug-likeness (QED) is 0.907. The highest BCUT2D eigenvalue weighted by atomic mass is 16.3. The van der Waals surface area contributed by atoms with E-state index in [0.29, 0.717) is 12.0 Å². The van der Waals surface area contributed by atoms with Gasteiger partial charge in [-0.25, -0.2) is 9.97 Å². The lowest BCUT2D eigenvalue weighted by Crippen LogP contribution is -2.32. The largest absolute Gasteiger partial charge is 0.393 e. The minimum atomic E-state index is -0.252. The first kappa shape index (κ1) is 14.3. The summed E-state index contributed by atoms with van der Waals surface area (Å²) in [6, 6.07) is 2.47. The third kappa shape index (κ3) is 3.44. The van der Waals surface area contributed by atoms with Crippen LogP contribution in [0, 0.1) is 6.92 Å². The van der Waals surface area contributed by atoms with Crippen LogP contribution in [0.4, 0.5) is 5.82 Å². The van der Waals surface area contributed by atoms with Gasteiger partial charge in [-0.1, -0.05) is 13.8 Å². The van der Waals surface area contributed by atoms with Gasteiger partial charge in [-0.2, -0.15) is 0 Å². The maximum absolute atomic E-state index is 9.62. The number of rotatable bonds is 4. The lowest BCUT2D eigenvalue weighted by atomic mass is 10.1. The molecule has 1 fully saturated rings. The van der Waals surface area contributed by atoms with Gasteiger partial charge in [-0.15, -0.1) is 0 Å². The van der Waals surface area contributed by atoms with Crippen LogP contribution in [0.15, 0.2) is 6.07 Å². The van der Waals surface area contributed by atoms with Gasteiger partial charge in [0, 0.05) is 30.3 Å². The fraction of sp³-hybridized carbons (Fsp3) is 0.733. The smallest absolute Gasteiger partial charge is 0.133 e. The maximum atomic E-state index is 9.62. The van der Waals surface area contributed by atoms with Crippen molar-refractivity contribution in [2.45, 2.75) is 65.0 Å². The Morgan fingerprint density at radius 1 is 1.37 bits per heavy atom. The van der Waals surface area contributed by atoms with E-state index in [1.54, 1.807) is 0 Å². The van der Waals surface area contributed by atoms with Crippen LogP contribution in [0.2, 0.25) is 0 Å².